The van der Waals surface area contributed by atoms with Crippen LogP contribution in [-0.4, -0.2) is 22.2 Å². The molecule has 0 amide bonds. The zero-order chi connectivity index (χ0) is 18.1. The number of carboxylic acids is 1. The maximum absolute atomic E-state index is 14.4. The first kappa shape index (κ1) is 17.2. The molecule has 0 unspecified atom stereocenters. The standard InChI is InChI=1S/C19H21FN2O3/c1-11(2)22-10-13(5-6-18(23)24)19(25)14-7-15(20)16(8-17(14)22)21-9-12-3-4-12/h5-8,10-12,21H,3-4,9H2,1-2H3,(H,23,24). The Balaban J connectivity index is 2.14. The lowest BCUT2D eigenvalue weighted by Crippen LogP contribution is -2.15. The summed E-state index contributed by atoms with van der Waals surface area (Å²) in [6, 6.07) is 2.94. The maximum Gasteiger partial charge on any atom is 0.328 e. The summed E-state index contributed by atoms with van der Waals surface area (Å²) in [7, 11) is 0. The molecule has 132 valence electrons. The van der Waals surface area contributed by atoms with E-state index in [0.717, 1.165) is 25.5 Å². The van der Waals surface area contributed by atoms with E-state index in [1.807, 2.05) is 18.4 Å². The molecule has 0 aliphatic heterocycles. The number of anilines is 1. The Morgan fingerprint density at radius 2 is 2.16 bits per heavy atom. The van der Waals surface area contributed by atoms with Gasteiger partial charge in [0.2, 0.25) is 0 Å². The number of benzene rings is 1. The zero-order valence-electron chi connectivity index (χ0n) is 14.3. The van der Waals surface area contributed by atoms with Crippen molar-refractivity contribution in [2.75, 3.05) is 11.9 Å². The van der Waals surface area contributed by atoms with Crippen molar-refractivity contribution in [2.24, 2.45) is 5.92 Å². The third kappa shape index (κ3) is 3.73. The summed E-state index contributed by atoms with van der Waals surface area (Å²) in [6.07, 6.45) is 6.11. The van der Waals surface area contributed by atoms with Gasteiger partial charge in [-0.2, -0.15) is 0 Å². The van der Waals surface area contributed by atoms with Crippen LogP contribution in [0.4, 0.5) is 10.1 Å². The van der Waals surface area contributed by atoms with Gasteiger partial charge in [0.05, 0.1) is 11.2 Å². The van der Waals surface area contributed by atoms with Crippen molar-refractivity contribution >= 4 is 28.6 Å². The van der Waals surface area contributed by atoms with Crippen LogP contribution in [0, 0.1) is 11.7 Å². The summed E-state index contributed by atoms with van der Waals surface area (Å²) in [6.45, 7) is 4.64. The van der Waals surface area contributed by atoms with Crippen molar-refractivity contribution in [3.63, 3.8) is 0 Å². The van der Waals surface area contributed by atoms with Gasteiger partial charge in [0.25, 0.3) is 0 Å². The first-order valence-electron chi connectivity index (χ1n) is 8.40. The van der Waals surface area contributed by atoms with Crippen molar-refractivity contribution in [2.45, 2.75) is 32.7 Å². The van der Waals surface area contributed by atoms with Gasteiger partial charge in [-0.25, -0.2) is 9.18 Å². The van der Waals surface area contributed by atoms with Gasteiger partial charge in [-0.05, 0) is 50.8 Å². The Morgan fingerprint density at radius 1 is 1.44 bits per heavy atom. The van der Waals surface area contributed by atoms with Gasteiger partial charge in [0.15, 0.2) is 5.43 Å². The summed E-state index contributed by atoms with van der Waals surface area (Å²) in [4.78, 5) is 23.3. The highest BCUT2D eigenvalue weighted by molar-refractivity contribution is 5.88. The van der Waals surface area contributed by atoms with Crippen molar-refractivity contribution in [1.29, 1.82) is 0 Å². The highest BCUT2D eigenvalue weighted by Gasteiger charge is 2.21. The maximum atomic E-state index is 14.4. The number of nitrogens with one attached hydrogen (secondary N) is 1. The molecular formula is C19H21FN2O3. The van der Waals surface area contributed by atoms with Gasteiger partial charge < -0.3 is 15.0 Å². The molecule has 0 saturated heterocycles. The summed E-state index contributed by atoms with van der Waals surface area (Å²) in [5, 5.41) is 12.2. The first-order chi connectivity index (χ1) is 11.9. The molecule has 1 saturated carbocycles. The number of carboxylic acid groups (broad SMARTS) is 1. The van der Waals surface area contributed by atoms with E-state index >= 15 is 0 Å². The van der Waals surface area contributed by atoms with E-state index in [4.69, 9.17) is 5.11 Å². The fraction of sp³-hybridized carbons (Fsp3) is 0.368. The van der Waals surface area contributed by atoms with Gasteiger partial charge in [-0.3, -0.25) is 4.79 Å². The summed E-state index contributed by atoms with van der Waals surface area (Å²) >= 11 is 0. The van der Waals surface area contributed by atoms with Crippen molar-refractivity contribution < 1.29 is 14.3 Å². The van der Waals surface area contributed by atoms with Crippen LogP contribution in [0.3, 0.4) is 0 Å². The minimum atomic E-state index is -1.14. The van der Waals surface area contributed by atoms with E-state index in [1.54, 1.807) is 12.3 Å². The number of nitrogens with zero attached hydrogens (tertiary/aromatic N) is 1. The molecule has 25 heavy (non-hydrogen) atoms. The fourth-order valence-electron chi connectivity index (χ4n) is 2.81. The van der Waals surface area contributed by atoms with Gasteiger partial charge in [0, 0.05) is 35.8 Å². The molecule has 3 rings (SSSR count). The number of hydrogen-bond donors (Lipinski definition) is 2. The molecule has 2 aromatic rings. The topological polar surface area (TPSA) is 71.3 Å². The van der Waals surface area contributed by atoms with Gasteiger partial charge in [0.1, 0.15) is 5.82 Å². The molecule has 0 spiro atoms. The van der Waals surface area contributed by atoms with Crippen LogP contribution in [0.15, 0.2) is 29.2 Å². The van der Waals surface area contributed by atoms with Gasteiger partial charge >= 0.3 is 5.97 Å². The molecule has 5 nitrogen and oxygen atoms in total. The second kappa shape index (κ2) is 6.70. The van der Waals surface area contributed by atoms with E-state index in [1.165, 1.54) is 12.1 Å². The lowest BCUT2D eigenvalue weighted by atomic mass is 10.1. The molecule has 1 heterocycles. The first-order valence-corrected chi connectivity index (χ1v) is 8.40. The number of hydrogen-bond acceptors (Lipinski definition) is 3. The Labute approximate surface area is 144 Å². The second-order valence-electron chi connectivity index (χ2n) is 6.76. The van der Waals surface area contributed by atoms with Crippen molar-refractivity contribution in [3.8, 4) is 0 Å². The third-order valence-electron chi connectivity index (χ3n) is 4.39. The largest absolute Gasteiger partial charge is 0.478 e. The smallest absolute Gasteiger partial charge is 0.328 e. The fourth-order valence-corrected chi connectivity index (χ4v) is 2.81. The number of pyridine rings is 1. The summed E-state index contributed by atoms with van der Waals surface area (Å²) in [5.74, 6) is -1.01. The quantitative estimate of drug-likeness (QED) is 0.785. The minimum absolute atomic E-state index is 0.0295. The molecule has 0 radical (unpaired) electrons. The normalized spacial score (nSPS) is 14.6. The molecular weight excluding hydrogens is 323 g/mol. The SMILES string of the molecule is CC(C)n1cc(C=CC(=O)O)c(=O)c2cc(F)c(NCC3CC3)cc21. The highest BCUT2D eigenvalue weighted by atomic mass is 19.1. The number of halogens is 1. The van der Waals surface area contributed by atoms with E-state index < -0.39 is 11.8 Å². The number of carbonyl (C=O) groups is 1. The predicted octanol–water partition coefficient (Wildman–Crippen LogP) is 3.64. The van der Waals surface area contributed by atoms with Crippen LogP contribution in [0.5, 0.6) is 0 Å². The van der Waals surface area contributed by atoms with Crippen LogP contribution in [0.25, 0.3) is 17.0 Å². The molecule has 1 fully saturated rings. The molecule has 1 aliphatic carbocycles. The summed E-state index contributed by atoms with van der Waals surface area (Å²) in [5.41, 5.74) is 0.868. The third-order valence-corrected chi connectivity index (χ3v) is 4.39. The van der Waals surface area contributed by atoms with Crippen molar-refractivity contribution in [3.05, 3.63) is 46.0 Å². The Kier molecular flexibility index (Phi) is 4.61. The molecule has 0 atom stereocenters. The van der Waals surface area contributed by atoms with E-state index in [-0.39, 0.29) is 22.4 Å². The Hall–Kier alpha value is -2.63. The van der Waals surface area contributed by atoms with Crippen LogP contribution < -0.4 is 10.7 Å². The molecule has 1 aromatic heterocycles. The minimum Gasteiger partial charge on any atom is -0.478 e. The van der Waals surface area contributed by atoms with E-state index in [2.05, 4.69) is 5.32 Å². The van der Waals surface area contributed by atoms with Crippen LogP contribution in [0.2, 0.25) is 0 Å². The number of aromatic nitrogens is 1. The number of fused-ring (bicyclic) bond motifs is 1. The molecule has 1 aromatic carbocycles. The predicted molar refractivity (Wildman–Crippen MR) is 96.4 cm³/mol. The van der Waals surface area contributed by atoms with Crippen molar-refractivity contribution in [1.82, 2.24) is 4.57 Å². The Morgan fingerprint density at radius 3 is 2.76 bits per heavy atom. The van der Waals surface area contributed by atoms with E-state index in [9.17, 15) is 14.0 Å². The van der Waals surface area contributed by atoms with E-state index in [0.29, 0.717) is 17.1 Å². The van der Waals surface area contributed by atoms with Crippen LogP contribution >= 0.6 is 0 Å². The molecule has 6 heteroatoms. The second-order valence-corrected chi connectivity index (χ2v) is 6.76. The highest BCUT2D eigenvalue weighted by Crippen LogP contribution is 2.30. The van der Waals surface area contributed by atoms with Gasteiger partial charge in [-0.1, -0.05) is 0 Å². The molecule has 1 aliphatic rings. The average Bonchev–Trinajstić information content (AvgIpc) is 3.36. The number of aliphatic carboxylic acids is 1. The molecule has 0 bridgehead atoms. The lowest BCUT2D eigenvalue weighted by Gasteiger charge is -2.17. The monoisotopic (exact) mass is 344 g/mol. The van der Waals surface area contributed by atoms with Crippen LogP contribution in [-0.2, 0) is 4.79 Å². The lowest BCUT2D eigenvalue weighted by molar-refractivity contribution is -0.131. The summed E-state index contributed by atoms with van der Waals surface area (Å²) < 4.78 is 16.3. The van der Waals surface area contributed by atoms with Gasteiger partial charge in [-0.15, -0.1) is 0 Å². The average molecular weight is 344 g/mol. The number of rotatable bonds is 6. The zero-order valence-corrected chi connectivity index (χ0v) is 14.3. The van der Waals surface area contributed by atoms with Crippen LogP contribution in [0.1, 0.15) is 38.3 Å². The molecule has 2 N–H and O–H groups in total. The Bertz CT molecular complexity index is 911.